The predicted molar refractivity (Wildman–Crippen MR) is 150 cm³/mol. The lowest BCUT2D eigenvalue weighted by Crippen LogP contribution is -2.32. The molecule has 8 nitrogen and oxygen atoms in total. The maximum absolute atomic E-state index is 13.9. The van der Waals surface area contributed by atoms with Gasteiger partial charge in [-0.1, -0.05) is 45.0 Å². The Balaban J connectivity index is 1.54. The number of nitrogens with zero attached hydrogens (tertiary/aromatic N) is 1. The van der Waals surface area contributed by atoms with Gasteiger partial charge in [-0.3, -0.25) is 4.79 Å². The van der Waals surface area contributed by atoms with Gasteiger partial charge in [0.05, 0.1) is 17.5 Å². The number of sulfonamides is 1. The molecule has 1 aromatic heterocycles. The minimum absolute atomic E-state index is 0.0754. The van der Waals surface area contributed by atoms with Crippen molar-refractivity contribution >= 4 is 20.9 Å². The normalized spacial score (nSPS) is 13.6. The number of hydrogen-bond acceptors (Lipinski definition) is 6. The molecule has 2 heterocycles. The number of benzene rings is 3. The number of ether oxygens (including phenoxy) is 3. The molecule has 9 heteroatoms. The highest BCUT2D eigenvalue weighted by Gasteiger charge is 2.27. The molecule has 39 heavy (non-hydrogen) atoms. The quantitative estimate of drug-likeness (QED) is 0.349. The van der Waals surface area contributed by atoms with E-state index < -0.39 is 10.0 Å². The lowest BCUT2D eigenvalue weighted by Gasteiger charge is -2.24. The molecule has 0 atom stereocenters. The molecule has 204 valence electrons. The third-order valence-corrected chi connectivity index (χ3v) is 8.61. The summed E-state index contributed by atoms with van der Waals surface area (Å²) < 4.78 is 45.8. The Labute approximate surface area is 228 Å². The Morgan fingerprint density at radius 2 is 1.54 bits per heavy atom. The number of fused-ring (bicyclic) bond motifs is 2. The van der Waals surface area contributed by atoms with Gasteiger partial charge in [0.25, 0.3) is 5.56 Å². The van der Waals surface area contributed by atoms with E-state index in [0.717, 1.165) is 16.5 Å². The zero-order valence-corrected chi connectivity index (χ0v) is 23.3. The van der Waals surface area contributed by atoms with Gasteiger partial charge < -0.3 is 19.2 Å². The largest absolute Gasteiger partial charge is 0.497 e. The standard InChI is InChI=1S/C30H32N2O6S/c1-30(2,3)23-7-11-25(12-8-23)39(34,35)32(18-20-5-9-24(36-4)10-6-20)19-22-15-21-16-27-28(38-14-13-37-27)17-26(21)31-29(22)33/h5-12,15-17H,13-14,18-19H2,1-4H3,(H,31,33). The zero-order chi connectivity index (χ0) is 27.8. The highest BCUT2D eigenvalue weighted by atomic mass is 32.2. The van der Waals surface area contributed by atoms with Gasteiger partial charge in [-0.05, 0) is 52.9 Å². The minimum Gasteiger partial charge on any atom is -0.497 e. The van der Waals surface area contributed by atoms with E-state index >= 15 is 0 Å². The van der Waals surface area contributed by atoms with Crippen molar-refractivity contribution in [2.24, 2.45) is 0 Å². The molecule has 1 N–H and O–H groups in total. The van der Waals surface area contributed by atoms with Gasteiger partial charge in [-0.15, -0.1) is 0 Å². The Morgan fingerprint density at radius 1 is 0.897 bits per heavy atom. The molecule has 0 unspecified atom stereocenters. The number of pyridine rings is 1. The van der Waals surface area contributed by atoms with Gasteiger partial charge in [0.15, 0.2) is 11.5 Å². The Morgan fingerprint density at radius 3 is 2.15 bits per heavy atom. The van der Waals surface area contributed by atoms with Crippen molar-refractivity contribution in [1.29, 1.82) is 0 Å². The second kappa shape index (κ2) is 10.4. The first kappa shape index (κ1) is 26.8. The van der Waals surface area contributed by atoms with E-state index in [1.165, 1.54) is 4.31 Å². The van der Waals surface area contributed by atoms with E-state index in [1.807, 2.05) is 24.3 Å². The number of methoxy groups -OCH3 is 1. The van der Waals surface area contributed by atoms with Crippen LogP contribution in [0.15, 0.2) is 76.4 Å². The lowest BCUT2D eigenvalue weighted by atomic mass is 9.87. The molecule has 0 saturated carbocycles. The second-order valence-corrected chi connectivity index (χ2v) is 12.5. The van der Waals surface area contributed by atoms with E-state index in [4.69, 9.17) is 14.2 Å². The molecular weight excluding hydrogens is 516 g/mol. The van der Waals surface area contributed by atoms with Crippen molar-refractivity contribution in [1.82, 2.24) is 9.29 Å². The molecule has 1 aliphatic rings. The van der Waals surface area contributed by atoms with Gasteiger partial charge in [-0.2, -0.15) is 4.31 Å². The van der Waals surface area contributed by atoms with Crippen LogP contribution in [0, 0.1) is 0 Å². The van der Waals surface area contributed by atoms with Crippen LogP contribution < -0.4 is 19.8 Å². The van der Waals surface area contributed by atoms with Crippen molar-refractivity contribution < 1.29 is 22.6 Å². The predicted octanol–water partition coefficient (Wildman–Crippen LogP) is 5.00. The number of rotatable bonds is 7. The zero-order valence-electron chi connectivity index (χ0n) is 22.5. The summed E-state index contributed by atoms with van der Waals surface area (Å²) in [5, 5.41) is 0.727. The van der Waals surface area contributed by atoms with Crippen LogP contribution in [0.4, 0.5) is 0 Å². The van der Waals surface area contributed by atoms with Gasteiger partial charge in [-0.25, -0.2) is 8.42 Å². The summed E-state index contributed by atoms with van der Waals surface area (Å²) in [5.74, 6) is 1.83. The Kier molecular flexibility index (Phi) is 7.13. The SMILES string of the molecule is COc1ccc(CN(Cc2cc3cc4c(cc3[nH]c2=O)OCCO4)S(=O)(=O)c2ccc(C(C)(C)C)cc2)cc1. The fourth-order valence-electron chi connectivity index (χ4n) is 4.53. The molecule has 0 fully saturated rings. The van der Waals surface area contributed by atoms with Crippen molar-refractivity contribution in [2.45, 2.75) is 44.2 Å². The maximum atomic E-state index is 13.9. The fourth-order valence-corrected chi connectivity index (χ4v) is 5.94. The molecule has 1 aliphatic heterocycles. The minimum atomic E-state index is -3.96. The van der Waals surface area contributed by atoms with Crippen molar-refractivity contribution in [3.05, 3.63) is 93.8 Å². The Hall–Kier alpha value is -3.82. The van der Waals surface area contributed by atoms with E-state index in [0.29, 0.717) is 41.5 Å². The lowest BCUT2D eigenvalue weighted by molar-refractivity contribution is 0.172. The first-order valence-corrected chi connectivity index (χ1v) is 14.2. The average molecular weight is 549 g/mol. The van der Waals surface area contributed by atoms with E-state index in [1.54, 1.807) is 49.6 Å². The molecule has 0 spiro atoms. The molecule has 0 saturated heterocycles. The van der Waals surface area contributed by atoms with Crippen molar-refractivity contribution in [3.63, 3.8) is 0 Å². The summed E-state index contributed by atoms with van der Waals surface area (Å²) in [6.45, 7) is 7.07. The summed E-state index contributed by atoms with van der Waals surface area (Å²) in [4.78, 5) is 16.2. The van der Waals surface area contributed by atoms with Gasteiger partial charge in [0.1, 0.15) is 19.0 Å². The van der Waals surface area contributed by atoms with E-state index in [9.17, 15) is 13.2 Å². The molecule has 0 radical (unpaired) electrons. The third-order valence-electron chi connectivity index (χ3n) is 6.81. The first-order chi connectivity index (χ1) is 18.5. The molecule has 5 rings (SSSR count). The molecule has 4 aromatic rings. The van der Waals surface area contributed by atoms with Gasteiger partial charge in [0, 0.05) is 30.1 Å². The summed E-state index contributed by atoms with van der Waals surface area (Å²) in [7, 11) is -2.38. The van der Waals surface area contributed by atoms with Crippen LogP contribution in [0.1, 0.15) is 37.5 Å². The van der Waals surface area contributed by atoms with Crippen LogP contribution in [0.25, 0.3) is 10.9 Å². The molecule has 0 amide bonds. The average Bonchev–Trinajstić information content (AvgIpc) is 2.92. The maximum Gasteiger partial charge on any atom is 0.252 e. The van der Waals surface area contributed by atoms with Gasteiger partial charge >= 0.3 is 0 Å². The van der Waals surface area contributed by atoms with E-state index in [-0.39, 0.29) is 29.0 Å². The first-order valence-electron chi connectivity index (χ1n) is 12.7. The van der Waals surface area contributed by atoms with Crippen LogP contribution in [0.3, 0.4) is 0 Å². The Bertz CT molecular complexity index is 1650. The second-order valence-electron chi connectivity index (χ2n) is 10.6. The topological polar surface area (TPSA) is 97.9 Å². The van der Waals surface area contributed by atoms with E-state index in [2.05, 4.69) is 25.8 Å². The molecule has 0 aliphatic carbocycles. The van der Waals surface area contributed by atoms with Crippen LogP contribution in [-0.2, 0) is 28.5 Å². The summed E-state index contributed by atoms with van der Waals surface area (Å²) in [6.07, 6.45) is 0. The van der Waals surface area contributed by atoms with Crippen molar-refractivity contribution in [3.8, 4) is 17.2 Å². The number of aromatic nitrogens is 1. The number of nitrogens with one attached hydrogen (secondary N) is 1. The van der Waals surface area contributed by atoms with Gasteiger partial charge in [0.2, 0.25) is 10.0 Å². The number of H-pyrrole nitrogens is 1. The summed E-state index contributed by atoms with van der Waals surface area (Å²) >= 11 is 0. The highest BCUT2D eigenvalue weighted by molar-refractivity contribution is 7.89. The van der Waals surface area contributed by atoms with Crippen LogP contribution in [-0.4, -0.2) is 38.0 Å². The number of aromatic amines is 1. The highest BCUT2D eigenvalue weighted by Crippen LogP contribution is 2.34. The van der Waals surface area contributed by atoms with Crippen LogP contribution in [0.5, 0.6) is 17.2 Å². The monoisotopic (exact) mass is 548 g/mol. The fraction of sp³-hybridized carbons (Fsp3) is 0.300. The summed E-state index contributed by atoms with van der Waals surface area (Å²) in [5.41, 5.74) is 2.23. The molecule has 0 bridgehead atoms. The summed E-state index contributed by atoms with van der Waals surface area (Å²) in [6, 6.07) is 19.4. The number of hydrogen-bond donors (Lipinski definition) is 1. The third kappa shape index (κ3) is 5.65. The molecule has 3 aromatic carbocycles. The molecular formula is C30H32N2O6S. The van der Waals surface area contributed by atoms with Crippen molar-refractivity contribution in [2.75, 3.05) is 20.3 Å². The van der Waals surface area contributed by atoms with Crippen LogP contribution >= 0.6 is 0 Å². The smallest absolute Gasteiger partial charge is 0.252 e. The van der Waals surface area contributed by atoms with Crippen LogP contribution in [0.2, 0.25) is 0 Å².